The molecule has 2 aromatic rings. The standard InChI is InChI=1S/C13H11NO3/c15-12-6-4-10(5-7-12)13(16)17-9-11-3-1-2-8-14-11/h1-8,15H,9H2. The lowest BCUT2D eigenvalue weighted by atomic mass is 10.2. The molecule has 2 rings (SSSR count). The van der Waals surface area contributed by atoms with E-state index in [1.54, 1.807) is 18.3 Å². The fourth-order valence-electron chi connectivity index (χ4n) is 1.30. The largest absolute Gasteiger partial charge is 0.508 e. The Balaban J connectivity index is 1.96. The van der Waals surface area contributed by atoms with Gasteiger partial charge in [0.1, 0.15) is 12.4 Å². The van der Waals surface area contributed by atoms with Gasteiger partial charge in [0, 0.05) is 6.20 Å². The number of ether oxygens (including phenoxy) is 1. The number of rotatable bonds is 3. The molecule has 0 atom stereocenters. The van der Waals surface area contributed by atoms with E-state index in [-0.39, 0.29) is 12.4 Å². The topological polar surface area (TPSA) is 59.4 Å². The lowest BCUT2D eigenvalue weighted by Gasteiger charge is -2.04. The third-order valence-corrected chi connectivity index (χ3v) is 2.18. The van der Waals surface area contributed by atoms with Crippen LogP contribution in [0.1, 0.15) is 16.1 Å². The molecule has 4 nitrogen and oxygen atoms in total. The predicted molar refractivity (Wildman–Crippen MR) is 61.5 cm³/mol. The Morgan fingerprint density at radius 3 is 2.59 bits per heavy atom. The first-order chi connectivity index (χ1) is 8.25. The van der Waals surface area contributed by atoms with Gasteiger partial charge in [-0.3, -0.25) is 4.98 Å². The van der Waals surface area contributed by atoms with Crippen molar-refractivity contribution in [1.82, 2.24) is 4.98 Å². The molecule has 0 amide bonds. The first-order valence-corrected chi connectivity index (χ1v) is 5.12. The van der Waals surface area contributed by atoms with E-state index < -0.39 is 5.97 Å². The lowest BCUT2D eigenvalue weighted by molar-refractivity contribution is 0.0468. The van der Waals surface area contributed by atoms with Gasteiger partial charge in [-0.25, -0.2) is 4.79 Å². The van der Waals surface area contributed by atoms with Gasteiger partial charge >= 0.3 is 5.97 Å². The Hall–Kier alpha value is -2.36. The maximum absolute atomic E-state index is 11.6. The van der Waals surface area contributed by atoms with E-state index in [9.17, 15) is 4.79 Å². The quantitative estimate of drug-likeness (QED) is 0.819. The predicted octanol–water partition coefficient (Wildman–Crippen LogP) is 2.14. The molecule has 1 aromatic carbocycles. The maximum atomic E-state index is 11.6. The normalized spacial score (nSPS) is 9.88. The molecule has 0 aliphatic carbocycles. The number of hydrogen-bond acceptors (Lipinski definition) is 4. The summed E-state index contributed by atoms with van der Waals surface area (Å²) in [7, 11) is 0. The van der Waals surface area contributed by atoms with Gasteiger partial charge in [0.05, 0.1) is 11.3 Å². The monoisotopic (exact) mass is 229 g/mol. The van der Waals surface area contributed by atoms with Gasteiger partial charge in [-0.2, -0.15) is 0 Å². The van der Waals surface area contributed by atoms with Crippen LogP contribution in [0.4, 0.5) is 0 Å². The van der Waals surface area contributed by atoms with Crippen LogP contribution in [0, 0.1) is 0 Å². The SMILES string of the molecule is O=C(OCc1ccccn1)c1ccc(O)cc1. The number of carbonyl (C=O) groups excluding carboxylic acids is 1. The molecular formula is C13H11NO3. The number of aromatic nitrogens is 1. The Labute approximate surface area is 98.5 Å². The summed E-state index contributed by atoms with van der Waals surface area (Å²) >= 11 is 0. The minimum Gasteiger partial charge on any atom is -0.508 e. The summed E-state index contributed by atoms with van der Waals surface area (Å²) in [6, 6.07) is 11.3. The van der Waals surface area contributed by atoms with Crippen LogP contribution < -0.4 is 0 Å². The number of pyridine rings is 1. The van der Waals surface area contributed by atoms with E-state index in [2.05, 4.69) is 4.98 Å². The molecule has 0 saturated carbocycles. The molecule has 17 heavy (non-hydrogen) atoms. The Kier molecular flexibility index (Phi) is 3.35. The average molecular weight is 229 g/mol. The van der Waals surface area contributed by atoms with E-state index in [1.807, 2.05) is 6.07 Å². The van der Waals surface area contributed by atoms with Crippen molar-refractivity contribution >= 4 is 5.97 Å². The van der Waals surface area contributed by atoms with Crippen LogP contribution >= 0.6 is 0 Å². The van der Waals surface area contributed by atoms with Gasteiger partial charge < -0.3 is 9.84 Å². The van der Waals surface area contributed by atoms with Crippen molar-refractivity contribution < 1.29 is 14.6 Å². The van der Waals surface area contributed by atoms with Crippen molar-refractivity contribution in [2.45, 2.75) is 6.61 Å². The molecule has 86 valence electrons. The lowest BCUT2D eigenvalue weighted by Crippen LogP contribution is -2.05. The van der Waals surface area contributed by atoms with Gasteiger partial charge in [-0.15, -0.1) is 0 Å². The number of nitrogens with zero attached hydrogens (tertiary/aromatic N) is 1. The van der Waals surface area contributed by atoms with E-state index in [4.69, 9.17) is 9.84 Å². The maximum Gasteiger partial charge on any atom is 0.338 e. The van der Waals surface area contributed by atoms with Crippen molar-refractivity contribution in [3.8, 4) is 5.75 Å². The highest BCUT2D eigenvalue weighted by Gasteiger charge is 2.07. The van der Waals surface area contributed by atoms with Gasteiger partial charge in [-0.05, 0) is 36.4 Å². The molecule has 1 aromatic heterocycles. The Bertz CT molecular complexity index is 494. The zero-order chi connectivity index (χ0) is 12.1. The van der Waals surface area contributed by atoms with E-state index in [1.165, 1.54) is 24.3 Å². The van der Waals surface area contributed by atoms with Crippen molar-refractivity contribution in [2.75, 3.05) is 0 Å². The second-order valence-electron chi connectivity index (χ2n) is 3.44. The highest BCUT2D eigenvalue weighted by atomic mass is 16.5. The fraction of sp³-hybridized carbons (Fsp3) is 0.0769. The molecule has 0 saturated heterocycles. The van der Waals surface area contributed by atoms with Crippen LogP contribution in [0.25, 0.3) is 0 Å². The first kappa shape index (κ1) is 11.1. The molecule has 0 aliphatic heterocycles. The Morgan fingerprint density at radius 2 is 1.94 bits per heavy atom. The van der Waals surface area contributed by atoms with E-state index in [0.29, 0.717) is 11.3 Å². The summed E-state index contributed by atoms with van der Waals surface area (Å²) in [6.45, 7) is 0.139. The van der Waals surface area contributed by atoms with Gasteiger partial charge in [0.2, 0.25) is 0 Å². The first-order valence-electron chi connectivity index (χ1n) is 5.12. The number of hydrogen-bond donors (Lipinski definition) is 1. The molecule has 0 bridgehead atoms. The van der Waals surface area contributed by atoms with Crippen molar-refractivity contribution in [3.63, 3.8) is 0 Å². The number of esters is 1. The van der Waals surface area contributed by atoms with Crippen molar-refractivity contribution in [3.05, 3.63) is 59.9 Å². The molecule has 1 N–H and O–H groups in total. The second-order valence-corrected chi connectivity index (χ2v) is 3.44. The third kappa shape index (κ3) is 3.04. The summed E-state index contributed by atoms with van der Waals surface area (Å²) in [5.74, 6) is -0.318. The molecule has 0 radical (unpaired) electrons. The van der Waals surface area contributed by atoms with Gasteiger partial charge in [-0.1, -0.05) is 6.07 Å². The van der Waals surface area contributed by atoms with Crippen LogP contribution in [-0.2, 0) is 11.3 Å². The molecule has 0 unspecified atom stereocenters. The number of phenols is 1. The van der Waals surface area contributed by atoms with Gasteiger partial charge in [0.15, 0.2) is 0 Å². The van der Waals surface area contributed by atoms with Crippen LogP contribution in [-0.4, -0.2) is 16.1 Å². The van der Waals surface area contributed by atoms with Crippen LogP contribution in [0.2, 0.25) is 0 Å². The van der Waals surface area contributed by atoms with Crippen LogP contribution in [0.3, 0.4) is 0 Å². The van der Waals surface area contributed by atoms with Crippen molar-refractivity contribution in [1.29, 1.82) is 0 Å². The molecule has 4 heteroatoms. The average Bonchev–Trinajstić information content (AvgIpc) is 2.38. The second kappa shape index (κ2) is 5.12. The molecule has 0 fully saturated rings. The van der Waals surface area contributed by atoms with Crippen molar-refractivity contribution in [2.24, 2.45) is 0 Å². The summed E-state index contributed by atoms with van der Waals surface area (Å²) in [6.07, 6.45) is 1.64. The number of aromatic hydroxyl groups is 1. The summed E-state index contributed by atoms with van der Waals surface area (Å²) < 4.78 is 5.07. The smallest absolute Gasteiger partial charge is 0.338 e. The number of benzene rings is 1. The fourth-order valence-corrected chi connectivity index (χ4v) is 1.30. The zero-order valence-corrected chi connectivity index (χ0v) is 9.04. The highest BCUT2D eigenvalue weighted by Crippen LogP contribution is 2.11. The number of carbonyl (C=O) groups is 1. The molecular weight excluding hydrogens is 218 g/mol. The highest BCUT2D eigenvalue weighted by molar-refractivity contribution is 5.89. The van der Waals surface area contributed by atoms with E-state index in [0.717, 1.165) is 0 Å². The number of phenolic OH excluding ortho intramolecular Hbond substituents is 1. The van der Waals surface area contributed by atoms with Crippen LogP contribution in [0.5, 0.6) is 5.75 Å². The van der Waals surface area contributed by atoms with Crippen LogP contribution in [0.15, 0.2) is 48.7 Å². The Morgan fingerprint density at radius 1 is 1.18 bits per heavy atom. The zero-order valence-electron chi connectivity index (χ0n) is 9.04. The summed E-state index contributed by atoms with van der Waals surface area (Å²) in [5.41, 5.74) is 1.10. The minimum absolute atomic E-state index is 0.117. The molecule has 0 spiro atoms. The summed E-state index contributed by atoms with van der Waals surface area (Å²) in [4.78, 5) is 15.6. The third-order valence-electron chi connectivity index (χ3n) is 2.18. The minimum atomic E-state index is -0.435. The molecule has 1 heterocycles. The van der Waals surface area contributed by atoms with Gasteiger partial charge in [0.25, 0.3) is 0 Å². The van der Waals surface area contributed by atoms with E-state index >= 15 is 0 Å². The molecule has 0 aliphatic rings. The summed E-state index contributed by atoms with van der Waals surface area (Å²) in [5, 5.41) is 9.08.